The smallest absolute Gasteiger partial charge is 0.237 e. The van der Waals surface area contributed by atoms with Crippen LogP contribution in [0.4, 0.5) is 4.39 Å². The topological polar surface area (TPSA) is 52.6 Å². The normalized spacial score (nSPS) is 28.0. The summed E-state index contributed by atoms with van der Waals surface area (Å²) in [6.07, 6.45) is 5.62. The number of carbonyl (C=O) groups is 1. The lowest BCUT2D eigenvalue weighted by atomic mass is 9.99. The number of halogens is 1. The maximum absolute atomic E-state index is 13.1. The van der Waals surface area contributed by atoms with E-state index >= 15 is 0 Å². The Hall–Kier alpha value is -1.46. The first-order chi connectivity index (χ1) is 11.6. The van der Waals surface area contributed by atoms with Crippen molar-refractivity contribution in [2.75, 3.05) is 13.1 Å². The first-order valence-electron chi connectivity index (χ1n) is 9.08. The highest BCUT2D eigenvalue weighted by molar-refractivity contribution is 5.81. The van der Waals surface area contributed by atoms with Gasteiger partial charge < -0.3 is 10.4 Å². The number of hydrogen-bond acceptors (Lipinski definition) is 3. The lowest BCUT2D eigenvalue weighted by molar-refractivity contribution is -0.128. The Bertz CT molecular complexity index is 549. The minimum absolute atomic E-state index is 0.0657. The Morgan fingerprint density at radius 2 is 1.96 bits per heavy atom. The van der Waals surface area contributed by atoms with Crippen LogP contribution < -0.4 is 5.32 Å². The molecular formula is C19H27FN2O2. The second-order valence-corrected chi connectivity index (χ2v) is 7.11. The first-order valence-corrected chi connectivity index (χ1v) is 9.08. The third-order valence-electron chi connectivity index (χ3n) is 5.37. The maximum Gasteiger partial charge on any atom is 0.237 e. The Morgan fingerprint density at radius 3 is 2.67 bits per heavy atom. The standard InChI is InChI=1S/C19H27FN2O2/c20-16-9-7-14(8-10-16)13-22-11-2-1-5-17(22)19(24)21-12-15-4-3-6-18(15)23/h7-10,15,17-18,23H,1-6,11-13H2,(H,21,24)/t15-,17+,18+/m1/s1. The summed E-state index contributed by atoms with van der Waals surface area (Å²) in [6, 6.07) is 6.38. The zero-order valence-corrected chi connectivity index (χ0v) is 14.1. The van der Waals surface area contributed by atoms with Gasteiger partial charge in [0.2, 0.25) is 5.91 Å². The number of piperidine rings is 1. The van der Waals surface area contributed by atoms with Crippen LogP contribution in [0.15, 0.2) is 24.3 Å². The molecule has 1 saturated heterocycles. The second-order valence-electron chi connectivity index (χ2n) is 7.11. The molecule has 1 amide bonds. The molecule has 1 saturated carbocycles. The molecule has 2 fully saturated rings. The van der Waals surface area contributed by atoms with Crippen LogP contribution in [0.2, 0.25) is 0 Å². The fraction of sp³-hybridized carbons (Fsp3) is 0.632. The van der Waals surface area contributed by atoms with Gasteiger partial charge in [0, 0.05) is 19.0 Å². The number of carbonyl (C=O) groups excluding carboxylic acids is 1. The maximum atomic E-state index is 13.1. The monoisotopic (exact) mass is 334 g/mol. The number of nitrogens with zero attached hydrogens (tertiary/aromatic N) is 1. The van der Waals surface area contributed by atoms with Crippen molar-refractivity contribution in [1.82, 2.24) is 10.2 Å². The minimum Gasteiger partial charge on any atom is -0.393 e. The quantitative estimate of drug-likeness (QED) is 0.870. The molecule has 1 aliphatic heterocycles. The molecular weight excluding hydrogens is 307 g/mol. The largest absolute Gasteiger partial charge is 0.393 e. The molecule has 3 rings (SSSR count). The zero-order chi connectivity index (χ0) is 16.9. The van der Waals surface area contributed by atoms with Gasteiger partial charge >= 0.3 is 0 Å². The van der Waals surface area contributed by atoms with Crippen molar-refractivity contribution in [3.05, 3.63) is 35.6 Å². The highest BCUT2D eigenvalue weighted by Gasteiger charge is 2.30. The molecule has 1 aromatic carbocycles. The Balaban J connectivity index is 1.56. The second kappa shape index (κ2) is 8.08. The molecule has 0 spiro atoms. The molecule has 1 aliphatic carbocycles. The molecule has 0 bridgehead atoms. The number of nitrogens with one attached hydrogen (secondary N) is 1. The highest BCUT2D eigenvalue weighted by Crippen LogP contribution is 2.25. The lowest BCUT2D eigenvalue weighted by Gasteiger charge is -2.35. The molecule has 0 unspecified atom stereocenters. The fourth-order valence-corrected chi connectivity index (χ4v) is 3.91. The molecule has 24 heavy (non-hydrogen) atoms. The van der Waals surface area contributed by atoms with Crippen molar-refractivity contribution in [3.8, 4) is 0 Å². The fourth-order valence-electron chi connectivity index (χ4n) is 3.91. The van der Waals surface area contributed by atoms with Crippen LogP contribution in [-0.2, 0) is 11.3 Å². The third kappa shape index (κ3) is 4.33. The van der Waals surface area contributed by atoms with Gasteiger partial charge in [-0.05, 0) is 49.9 Å². The van der Waals surface area contributed by atoms with E-state index < -0.39 is 0 Å². The first kappa shape index (κ1) is 17.4. The van der Waals surface area contributed by atoms with Gasteiger partial charge in [0.05, 0.1) is 12.1 Å². The SMILES string of the molecule is O=C(NC[C@H]1CCC[C@@H]1O)[C@@H]1CCCCN1Cc1ccc(F)cc1. The Kier molecular flexibility index (Phi) is 5.85. The molecule has 132 valence electrons. The van der Waals surface area contributed by atoms with Crippen molar-refractivity contribution < 1.29 is 14.3 Å². The number of likely N-dealkylation sites (tertiary alicyclic amines) is 1. The molecule has 4 nitrogen and oxygen atoms in total. The van der Waals surface area contributed by atoms with Crippen LogP contribution in [0.25, 0.3) is 0 Å². The van der Waals surface area contributed by atoms with E-state index in [1.54, 1.807) is 12.1 Å². The summed E-state index contributed by atoms with van der Waals surface area (Å²) in [5.41, 5.74) is 1.03. The van der Waals surface area contributed by atoms with Gasteiger partial charge in [-0.3, -0.25) is 9.69 Å². The highest BCUT2D eigenvalue weighted by atomic mass is 19.1. The van der Waals surface area contributed by atoms with Gasteiger partial charge in [-0.2, -0.15) is 0 Å². The summed E-state index contributed by atoms with van der Waals surface area (Å²) in [5.74, 6) is 0.0285. The van der Waals surface area contributed by atoms with Gasteiger partial charge in [-0.1, -0.05) is 25.0 Å². The third-order valence-corrected chi connectivity index (χ3v) is 5.37. The molecule has 3 atom stereocenters. The van der Waals surface area contributed by atoms with E-state index in [0.717, 1.165) is 50.6 Å². The lowest BCUT2D eigenvalue weighted by Crippen LogP contribution is -2.50. The number of benzene rings is 1. The van der Waals surface area contributed by atoms with Crippen molar-refractivity contribution in [3.63, 3.8) is 0 Å². The van der Waals surface area contributed by atoms with Crippen LogP contribution in [0, 0.1) is 11.7 Å². The van der Waals surface area contributed by atoms with Crippen molar-refractivity contribution in [1.29, 1.82) is 0 Å². The molecule has 2 aliphatic rings. The van der Waals surface area contributed by atoms with Crippen LogP contribution in [-0.4, -0.2) is 41.1 Å². The molecule has 1 heterocycles. The number of amides is 1. The Labute approximate surface area is 143 Å². The van der Waals surface area contributed by atoms with E-state index in [0.29, 0.717) is 13.1 Å². The zero-order valence-electron chi connectivity index (χ0n) is 14.1. The summed E-state index contributed by atoms with van der Waals surface area (Å²) in [7, 11) is 0. The molecule has 5 heteroatoms. The summed E-state index contributed by atoms with van der Waals surface area (Å²) in [5, 5.41) is 12.9. The average Bonchev–Trinajstić information content (AvgIpc) is 3.00. The van der Waals surface area contributed by atoms with E-state index in [-0.39, 0.29) is 29.8 Å². The van der Waals surface area contributed by atoms with E-state index in [1.807, 2.05) is 0 Å². The van der Waals surface area contributed by atoms with Crippen LogP contribution in [0.1, 0.15) is 44.1 Å². The summed E-state index contributed by atoms with van der Waals surface area (Å²) >= 11 is 0. The summed E-state index contributed by atoms with van der Waals surface area (Å²) in [6.45, 7) is 2.13. The van der Waals surface area contributed by atoms with Gasteiger partial charge in [0.15, 0.2) is 0 Å². The predicted molar refractivity (Wildman–Crippen MR) is 90.8 cm³/mol. The molecule has 0 aromatic heterocycles. The molecule has 0 radical (unpaired) electrons. The molecule has 1 aromatic rings. The number of hydrogen-bond donors (Lipinski definition) is 2. The van der Waals surface area contributed by atoms with Crippen molar-refractivity contribution in [2.24, 2.45) is 5.92 Å². The predicted octanol–water partition coefficient (Wildman–Crippen LogP) is 2.46. The number of aliphatic hydroxyl groups excluding tert-OH is 1. The minimum atomic E-state index is -0.271. The average molecular weight is 334 g/mol. The molecule has 2 N–H and O–H groups in total. The van der Waals surface area contributed by atoms with E-state index in [2.05, 4.69) is 10.2 Å². The van der Waals surface area contributed by atoms with Gasteiger partial charge in [0.25, 0.3) is 0 Å². The van der Waals surface area contributed by atoms with E-state index in [1.165, 1.54) is 12.1 Å². The van der Waals surface area contributed by atoms with Crippen LogP contribution in [0.5, 0.6) is 0 Å². The van der Waals surface area contributed by atoms with Gasteiger partial charge in [-0.15, -0.1) is 0 Å². The van der Waals surface area contributed by atoms with Crippen LogP contribution >= 0.6 is 0 Å². The van der Waals surface area contributed by atoms with Crippen molar-refractivity contribution >= 4 is 5.91 Å². The van der Waals surface area contributed by atoms with Gasteiger partial charge in [0.1, 0.15) is 5.82 Å². The van der Waals surface area contributed by atoms with Gasteiger partial charge in [-0.25, -0.2) is 4.39 Å². The van der Waals surface area contributed by atoms with Crippen molar-refractivity contribution in [2.45, 2.75) is 57.2 Å². The number of rotatable bonds is 5. The summed E-state index contributed by atoms with van der Waals surface area (Å²) < 4.78 is 13.1. The summed E-state index contributed by atoms with van der Waals surface area (Å²) in [4.78, 5) is 14.8. The van der Waals surface area contributed by atoms with E-state index in [4.69, 9.17) is 0 Å². The van der Waals surface area contributed by atoms with Crippen LogP contribution in [0.3, 0.4) is 0 Å². The Morgan fingerprint density at radius 1 is 1.17 bits per heavy atom. The van der Waals surface area contributed by atoms with E-state index in [9.17, 15) is 14.3 Å². The number of aliphatic hydroxyl groups is 1.